The van der Waals surface area contributed by atoms with Gasteiger partial charge in [-0.1, -0.05) is 19.9 Å². The highest BCUT2D eigenvalue weighted by atomic mass is 14.7. The number of nitrogens with zero attached hydrogens (tertiary/aromatic N) is 1. The number of rotatable bonds is 0. The van der Waals surface area contributed by atoms with Crippen LogP contribution in [0.25, 0.3) is 0 Å². The Labute approximate surface area is 56.5 Å². The van der Waals surface area contributed by atoms with Crippen molar-refractivity contribution in [2.24, 2.45) is 10.4 Å². The molecule has 1 aliphatic heterocycles. The number of aliphatic imine (C=N–C) groups is 1. The molecule has 0 radical (unpaired) electrons. The molecule has 0 aliphatic carbocycles. The first kappa shape index (κ1) is 6.53. The molecular formula is C8H13N. The van der Waals surface area contributed by atoms with Crippen molar-refractivity contribution in [3.63, 3.8) is 0 Å². The van der Waals surface area contributed by atoms with Gasteiger partial charge in [0.15, 0.2) is 0 Å². The van der Waals surface area contributed by atoms with Gasteiger partial charge in [-0.2, -0.15) is 0 Å². The minimum atomic E-state index is 0.339. The second-order valence-electron chi connectivity index (χ2n) is 3.29. The van der Waals surface area contributed by atoms with Crippen LogP contribution in [0.5, 0.6) is 0 Å². The van der Waals surface area contributed by atoms with Crippen LogP contribution in [0.4, 0.5) is 0 Å². The van der Waals surface area contributed by atoms with Gasteiger partial charge in [0, 0.05) is 11.9 Å². The van der Waals surface area contributed by atoms with E-state index in [0.717, 1.165) is 12.1 Å². The van der Waals surface area contributed by atoms with E-state index < -0.39 is 0 Å². The van der Waals surface area contributed by atoms with E-state index in [4.69, 9.17) is 0 Å². The fourth-order valence-corrected chi connectivity index (χ4v) is 1.09. The third-order valence-corrected chi connectivity index (χ3v) is 1.51. The zero-order valence-corrected chi connectivity index (χ0v) is 6.31. The maximum absolute atomic E-state index is 4.16. The summed E-state index contributed by atoms with van der Waals surface area (Å²) in [6.07, 6.45) is 5.28. The summed E-state index contributed by atoms with van der Waals surface area (Å²) < 4.78 is 0. The first-order chi connectivity index (χ1) is 4.10. The van der Waals surface area contributed by atoms with Crippen molar-refractivity contribution in [1.29, 1.82) is 0 Å². The summed E-state index contributed by atoms with van der Waals surface area (Å²) in [6, 6.07) is 0. The lowest BCUT2D eigenvalue weighted by Crippen LogP contribution is -2.11. The molecule has 0 bridgehead atoms. The summed E-state index contributed by atoms with van der Waals surface area (Å²) in [7, 11) is 0. The van der Waals surface area contributed by atoms with E-state index in [-0.39, 0.29) is 0 Å². The third-order valence-electron chi connectivity index (χ3n) is 1.51. The smallest absolute Gasteiger partial charge is 0.0334 e. The van der Waals surface area contributed by atoms with E-state index in [2.05, 4.69) is 24.9 Å². The van der Waals surface area contributed by atoms with Crippen molar-refractivity contribution in [3.8, 4) is 0 Å². The van der Waals surface area contributed by atoms with Crippen LogP contribution in [-0.2, 0) is 0 Å². The van der Waals surface area contributed by atoms with Gasteiger partial charge < -0.3 is 0 Å². The second-order valence-corrected chi connectivity index (χ2v) is 3.29. The quantitative estimate of drug-likeness (QED) is 0.469. The van der Waals surface area contributed by atoms with E-state index >= 15 is 0 Å². The largest absolute Gasteiger partial charge is 0.266 e. The monoisotopic (exact) mass is 123 g/mol. The zero-order valence-electron chi connectivity index (χ0n) is 6.31. The Balaban J connectivity index is 2.78. The Kier molecular flexibility index (Phi) is 1.43. The molecule has 1 heterocycles. The molecule has 1 rings (SSSR count). The number of hydrogen-bond donors (Lipinski definition) is 0. The van der Waals surface area contributed by atoms with Crippen LogP contribution < -0.4 is 0 Å². The highest BCUT2D eigenvalue weighted by Gasteiger charge is 2.15. The van der Waals surface area contributed by atoms with E-state index in [1.807, 2.05) is 13.1 Å². The summed E-state index contributed by atoms with van der Waals surface area (Å²) in [5, 5.41) is 0. The van der Waals surface area contributed by atoms with Crippen molar-refractivity contribution in [2.45, 2.75) is 27.2 Å². The topological polar surface area (TPSA) is 12.4 Å². The maximum atomic E-state index is 4.16. The molecule has 0 aromatic heterocycles. The average Bonchev–Trinajstić information content (AvgIpc) is 1.60. The molecule has 0 atom stereocenters. The standard InChI is InChI=1S/C8H13N/c1-7-6-8(2,3)4-5-9-7/h5-6H,4H2,1-3H3. The van der Waals surface area contributed by atoms with Crippen LogP contribution in [0.2, 0.25) is 0 Å². The van der Waals surface area contributed by atoms with Crippen LogP contribution in [-0.4, -0.2) is 6.21 Å². The molecule has 1 aliphatic rings. The summed E-state index contributed by atoms with van der Waals surface area (Å²) in [4.78, 5) is 4.16. The van der Waals surface area contributed by atoms with Crippen LogP contribution in [0.1, 0.15) is 27.2 Å². The third kappa shape index (κ3) is 1.67. The van der Waals surface area contributed by atoms with Gasteiger partial charge in [0.05, 0.1) is 0 Å². The first-order valence-electron chi connectivity index (χ1n) is 3.32. The van der Waals surface area contributed by atoms with Gasteiger partial charge in [-0.3, -0.25) is 4.99 Å². The van der Waals surface area contributed by atoms with Gasteiger partial charge in [0.25, 0.3) is 0 Å². The fraction of sp³-hybridized carbons (Fsp3) is 0.625. The number of allylic oxidation sites excluding steroid dienone is 2. The highest BCUT2D eigenvalue weighted by Crippen LogP contribution is 2.25. The molecule has 1 nitrogen and oxygen atoms in total. The first-order valence-corrected chi connectivity index (χ1v) is 3.32. The second kappa shape index (κ2) is 1.98. The average molecular weight is 123 g/mol. The highest BCUT2D eigenvalue weighted by molar-refractivity contribution is 5.62. The van der Waals surface area contributed by atoms with E-state index in [1.165, 1.54) is 0 Å². The Morgan fingerprint density at radius 1 is 1.56 bits per heavy atom. The van der Waals surface area contributed by atoms with Gasteiger partial charge in [0.2, 0.25) is 0 Å². The van der Waals surface area contributed by atoms with Crippen molar-refractivity contribution < 1.29 is 0 Å². The number of hydrogen-bond acceptors (Lipinski definition) is 1. The van der Waals surface area contributed by atoms with Crippen LogP contribution in [0, 0.1) is 5.41 Å². The molecule has 9 heavy (non-hydrogen) atoms. The molecule has 1 heteroatoms. The SMILES string of the molecule is CC1=CC(C)(C)CC=N1. The van der Waals surface area contributed by atoms with Crippen LogP contribution in [0.3, 0.4) is 0 Å². The molecule has 0 saturated carbocycles. The molecule has 50 valence electrons. The Morgan fingerprint density at radius 2 is 2.22 bits per heavy atom. The van der Waals surface area contributed by atoms with Gasteiger partial charge in [0.1, 0.15) is 0 Å². The molecular weight excluding hydrogens is 110 g/mol. The maximum Gasteiger partial charge on any atom is 0.0334 e. The zero-order chi connectivity index (χ0) is 6.91. The summed E-state index contributed by atoms with van der Waals surface area (Å²) in [6.45, 7) is 6.49. The Hall–Kier alpha value is -0.590. The Morgan fingerprint density at radius 3 is 2.56 bits per heavy atom. The van der Waals surface area contributed by atoms with E-state index in [1.54, 1.807) is 0 Å². The van der Waals surface area contributed by atoms with E-state index in [0.29, 0.717) is 5.41 Å². The van der Waals surface area contributed by atoms with E-state index in [9.17, 15) is 0 Å². The van der Waals surface area contributed by atoms with Crippen molar-refractivity contribution in [2.75, 3.05) is 0 Å². The van der Waals surface area contributed by atoms with Crippen LogP contribution in [0.15, 0.2) is 16.8 Å². The van der Waals surface area contributed by atoms with Crippen molar-refractivity contribution >= 4 is 6.21 Å². The van der Waals surface area contributed by atoms with Crippen LogP contribution >= 0.6 is 0 Å². The molecule has 0 aromatic rings. The molecule has 0 unspecified atom stereocenters. The lowest BCUT2D eigenvalue weighted by molar-refractivity contribution is 0.498. The summed E-state index contributed by atoms with van der Waals surface area (Å²) >= 11 is 0. The van der Waals surface area contributed by atoms with Crippen molar-refractivity contribution in [3.05, 3.63) is 11.8 Å². The normalized spacial score (nSPS) is 23.7. The minimum absolute atomic E-state index is 0.339. The Bertz CT molecular complexity index is 163. The molecule has 0 N–H and O–H groups in total. The molecule has 0 aromatic carbocycles. The van der Waals surface area contributed by atoms with Gasteiger partial charge in [-0.05, 0) is 18.8 Å². The lowest BCUT2D eigenvalue weighted by atomic mass is 9.88. The predicted octanol–water partition coefficient (Wildman–Crippen LogP) is 2.39. The molecule has 0 fully saturated rings. The van der Waals surface area contributed by atoms with Crippen molar-refractivity contribution in [1.82, 2.24) is 0 Å². The van der Waals surface area contributed by atoms with Gasteiger partial charge in [-0.25, -0.2) is 0 Å². The van der Waals surface area contributed by atoms with Gasteiger partial charge in [-0.15, -0.1) is 0 Å². The summed E-state index contributed by atoms with van der Waals surface area (Å²) in [5.41, 5.74) is 1.48. The minimum Gasteiger partial charge on any atom is -0.266 e. The molecule has 0 spiro atoms. The molecule has 0 saturated heterocycles. The lowest BCUT2D eigenvalue weighted by Gasteiger charge is -2.20. The van der Waals surface area contributed by atoms with Gasteiger partial charge >= 0.3 is 0 Å². The molecule has 0 amide bonds. The summed E-state index contributed by atoms with van der Waals surface area (Å²) in [5.74, 6) is 0. The fourth-order valence-electron chi connectivity index (χ4n) is 1.09. The predicted molar refractivity (Wildman–Crippen MR) is 40.6 cm³/mol.